The molecule has 0 radical (unpaired) electrons. The molecule has 0 aromatic carbocycles. The van der Waals surface area contributed by atoms with Crippen LogP contribution in [0.3, 0.4) is 0 Å². The van der Waals surface area contributed by atoms with Crippen molar-refractivity contribution in [2.45, 2.75) is 19.8 Å². The van der Waals surface area contributed by atoms with Crippen LogP contribution in [0.25, 0.3) is 0 Å². The number of fused-ring (bicyclic) bond motifs is 3. The first-order valence-corrected chi connectivity index (χ1v) is 5.16. The smallest absolute Gasteiger partial charge is 0.291 e. The maximum absolute atomic E-state index is 11.8. The van der Waals surface area contributed by atoms with E-state index in [0.29, 0.717) is 13.0 Å². The molecule has 0 aliphatic carbocycles. The van der Waals surface area contributed by atoms with Gasteiger partial charge in [-0.2, -0.15) is 0 Å². The predicted molar refractivity (Wildman–Crippen MR) is 53.1 cm³/mol. The Balaban J connectivity index is 2.41. The molecular weight excluding hydrogens is 194 g/mol. The van der Waals surface area contributed by atoms with Crippen molar-refractivity contribution < 1.29 is 14.4 Å². The van der Waals surface area contributed by atoms with E-state index < -0.39 is 17.1 Å². The second-order valence-electron chi connectivity index (χ2n) is 4.01. The van der Waals surface area contributed by atoms with E-state index in [1.165, 1.54) is 4.90 Å². The summed E-state index contributed by atoms with van der Waals surface area (Å²) < 4.78 is 0. The SMILES string of the molecule is CCC=CC12CCN(CC1=O)C(=O)C2=O. The van der Waals surface area contributed by atoms with Gasteiger partial charge in [0.2, 0.25) is 5.78 Å². The van der Waals surface area contributed by atoms with E-state index in [9.17, 15) is 14.4 Å². The van der Waals surface area contributed by atoms with Crippen molar-refractivity contribution in [3.05, 3.63) is 12.2 Å². The molecule has 3 aliphatic rings. The van der Waals surface area contributed by atoms with Gasteiger partial charge in [-0.3, -0.25) is 14.4 Å². The third-order valence-electron chi connectivity index (χ3n) is 3.13. The molecule has 3 heterocycles. The van der Waals surface area contributed by atoms with Gasteiger partial charge in [-0.1, -0.05) is 19.1 Å². The van der Waals surface area contributed by atoms with E-state index in [4.69, 9.17) is 0 Å². The molecule has 0 aromatic rings. The summed E-state index contributed by atoms with van der Waals surface area (Å²) >= 11 is 0. The van der Waals surface area contributed by atoms with E-state index in [0.717, 1.165) is 6.42 Å². The molecule has 0 saturated carbocycles. The summed E-state index contributed by atoms with van der Waals surface area (Å²) in [6.07, 6.45) is 4.64. The van der Waals surface area contributed by atoms with E-state index in [-0.39, 0.29) is 12.3 Å². The van der Waals surface area contributed by atoms with Gasteiger partial charge in [-0.25, -0.2) is 0 Å². The Morgan fingerprint density at radius 2 is 2.13 bits per heavy atom. The molecular formula is C11H13NO3. The molecule has 2 bridgehead atoms. The Morgan fingerprint density at radius 3 is 2.73 bits per heavy atom. The van der Waals surface area contributed by atoms with Crippen LogP contribution in [-0.4, -0.2) is 35.5 Å². The molecule has 4 nitrogen and oxygen atoms in total. The summed E-state index contributed by atoms with van der Waals surface area (Å²) in [6.45, 7) is 2.55. The summed E-state index contributed by atoms with van der Waals surface area (Å²) in [6, 6.07) is 0. The van der Waals surface area contributed by atoms with Crippen molar-refractivity contribution in [1.29, 1.82) is 0 Å². The number of hydrogen-bond donors (Lipinski definition) is 0. The first-order valence-electron chi connectivity index (χ1n) is 5.16. The lowest BCUT2D eigenvalue weighted by atomic mass is 9.69. The van der Waals surface area contributed by atoms with Crippen molar-refractivity contribution in [1.82, 2.24) is 4.90 Å². The lowest BCUT2D eigenvalue weighted by molar-refractivity contribution is -0.163. The van der Waals surface area contributed by atoms with Crippen LogP contribution in [0.1, 0.15) is 19.8 Å². The van der Waals surface area contributed by atoms with Gasteiger partial charge in [0, 0.05) is 6.54 Å². The Hall–Kier alpha value is -1.45. The van der Waals surface area contributed by atoms with Crippen LogP contribution in [0.2, 0.25) is 0 Å². The highest BCUT2D eigenvalue weighted by Crippen LogP contribution is 2.36. The molecule has 0 N–H and O–H groups in total. The van der Waals surface area contributed by atoms with Gasteiger partial charge >= 0.3 is 0 Å². The monoisotopic (exact) mass is 207 g/mol. The van der Waals surface area contributed by atoms with Crippen molar-refractivity contribution in [2.24, 2.45) is 5.41 Å². The number of rotatable bonds is 2. The first kappa shape index (κ1) is 10.1. The third kappa shape index (κ3) is 1.24. The topological polar surface area (TPSA) is 54.5 Å². The minimum atomic E-state index is -1.12. The molecule has 3 aliphatic heterocycles. The van der Waals surface area contributed by atoms with Crippen LogP contribution in [0.5, 0.6) is 0 Å². The normalized spacial score (nSPS) is 30.7. The van der Waals surface area contributed by atoms with E-state index >= 15 is 0 Å². The third-order valence-corrected chi connectivity index (χ3v) is 3.13. The maximum atomic E-state index is 11.8. The largest absolute Gasteiger partial charge is 0.329 e. The lowest BCUT2D eigenvalue weighted by Crippen LogP contribution is -2.63. The summed E-state index contributed by atoms with van der Waals surface area (Å²) in [5, 5.41) is 0. The molecule has 0 spiro atoms. The fourth-order valence-electron chi connectivity index (χ4n) is 2.16. The minimum Gasteiger partial charge on any atom is -0.329 e. The summed E-state index contributed by atoms with van der Waals surface area (Å²) in [7, 11) is 0. The Bertz CT molecular complexity index is 372. The number of amides is 1. The second-order valence-corrected chi connectivity index (χ2v) is 4.01. The van der Waals surface area contributed by atoms with Crippen molar-refractivity contribution in [3.8, 4) is 0 Å². The summed E-state index contributed by atoms with van der Waals surface area (Å²) in [4.78, 5) is 36.4. The molecule has 15 heavy (non-hydrogen) atoms. The number of nitrogens with zero attached hydrogens (tertiary/aromatic N) is 1. The first-order chi connectivity index (χ1) is 7.12. The quantitative estimate of drug-likeness (QED) is 0.372. The van der Waals surface area contributed by atoms with E-state index in [2.05, 4.69) is 0 Å². The van der Waals surface area contributed by atoms with Gasteiger partial charge in [-0.15, -0.1) is 0 Å². The van der Waals surface area contributed by atoms with Crippen LogP contribution in [0, 0.1) is 5.41 Å². The fourth-order valence-corrected chi connectivity index (χ4v) is 2.16. The molecule has 3 rings (SSSR count). The molecule has 1 amide bonds. The van der Waals surface area contributed by atoms with Crippen molar-refractivity contribution in [2.75, 3.05) is 13.1 Å². The number of carbonyl (C=O) groups excluding carboxylic acids is 3. The molecule has 1 atom stereocenters. The summed E-state index contributed by atoms with van der Waals surface area (Å²) in [5.41, 5.74) is -1.12. The highest BCUT2D eigenvalue weighted by atomic mass is 16.2. The van der Waals surface area contributed by atoms with Gasteiger partial charge in [0.1, 0.15) is 5.41 Å². The Labute approximate surface area is 87.9 Å². The Kier molecular flexibility index (Phi) is 2.21. The van der Waals surface area contributed by atoms with Gasteiger partial charge in [0.25, 0.3) is 5.91 Å². The van der Waals surface area contributed by atoms with Crippen LogP contribution >= 0.6 is 0 Å². The minimum absolute atomic E-state index is 0.0959. The standard InChI is InChI=1S/C11H13NO3/c1-2-3-4-11-5-6-12(7-8(11)13)10(15)9(11)14/h3-4H,2,5-7H2,1H3. The Morgan fingerprint density at radius 1 is 1.40 bits per heavy atom. The van der Waals surface area contributed by atoms with Crippen molar-refractivity contribution in [3.63, 3.8) is 0 Å². The average Bonchev–Trinajstić information content (AvgIpc) is 2.24. The highest BCUT2D eigenvalue weighted by Gasteiger charge is 2.55. The van der Waals surface area contributed by atoms with E-state index in [1.807, 2.05) is 6.92 Å². The van der Waals surface area contributed by atoms with Gasteiger partial charge < -0.3 is 4.90 Å². The van der Waals surface area contributed by atoms with E-state index in [1.54, 1.807) is 12.2 Å². The van der Waals surface area contributed by atoms with Crippen LogP contribution in [0.4, 0.5) is 0 Å². The zero-order chi connectivity index (χ0) is 11.1. The van der Waals surface area contributed by atoms with Crippen LogP contribution < -0.4 is 0 Å². The van der Waals surface area contributed by atoms with Crippen LogP contribution in [0.15, 0.2) is 12.2 Å². The number of hydrogen-bond acceptors (Lipinski definition) is 3. The maximum Gasteiger partial charge on any atom is 0.291 e. The number of ketones is 2. The number of Topliss-reactive ketones (excluding diaryl/α,β-unsaturated/α-hetero) is 2. The summed E-state index contributed by atoms with van der Waals surface area (Å²) in [5.74, 6) is -1.18. The molecule has 3 fully saturated rings. The van der Waals surface area contributed by atoms with Crippen molar-refractivity contribution >= 4 is 17.5 Å². The molecule has 3 saturated heterocycles. The second kappa shape index (κ2) is 3.29. The zero-order valence-corrected chi connectivity index (χ0v) is 8.66. The highest BCUT2D eigenvalue weighted by molar-refractivity contribution is 6.46. The predicted octanol–water partition coefficient (Wildman–Crippen LogP) is 0.323. The molecule has 4 heteroatoms. The number of carbonyl (C=O) groups is 3. The number of piperidine rings is 3. The fraction of sp³-hybridized carbons (Fsp3) is 0.545. The van der Waals surface area contributed by atoms with Crippen LogP contribution in [-0.2, 0) is 14.4 Å². The molecule has 1 unspecified atom stereocenters. The molecule has 0 aromatic heterocycles. The van der Waals surface area contributed by atoms with Gasteiger partial charge in [0.05, 0.1) is 6.54 Å². The van der Waals surface area contributed by atoms with Gasteiger partial charge in [-0.05, 0) is 12.8 Å². The number of allylic oxidation sites excluding steroid dienone is 2. The molecule has 80 valence electrons. The van der Waals surface area contributed by atoms with Gasteiger partial charge in [0.15, 0.2) is 5.78 Å². The lowest BCUT2D eigenvalue weighted by Gasteiger charge is -2.43. The zero-order valence-electron chi connectivity index (χ0n) is 8.66. The average molecular weight is 207 g/mol.